The van der Waals surface area contributed by atoms with Crippen LogP contribution in [0.3, 0.4) is 0 Å². The van der Waals surface area contributed by atoms with Crippen molar-refractivity contribution in [2.75, 3.05) is 14.2 Å². The molecular weight excluding hydrogens is 586 g/mol. The van der Waals surface area contributed by atoms with Crippen molar-refractivity contribution in [2.24, 2.45) is 0 Å². The Morgan fingerprint density at radius 2 is 1.50 bits per heavy atom. The summed E-state index contributed by atoms with van der Waals surface area (Å²) >= 11 is 0. The molecule has 0 saturated carbocycles. The lowest BCUT2D eigenvalue weighted by molar-refractivity contribution is -0.143. The van der Waals surface area contributed by atoms with Crippen LogP contribution in [-0.2, 0) is 30.2 Å². The van der Waals surface area contributed by atoms with Crippen LogP contribution in [0.1, 0.15) is 47.6 Å². The van der Waals surface area contributed by atoms with Crippen molar-refractivity contribution in [3.8, 4) is 28.0 Å². The van der Waals surface area contributed by atoms with E-state index in [0.717, 1.165) is 28.7 Å². The zero-order chi connectivity index (χ0) is 32.2. The topological polar surface area (TPSA) is 51.7 Å². The third-order valence-corrected chi connectivity index (χ3v) is 7.10. The second kappa shape index (κ2) is 13.0. The summed E-state index contributed by atoms with van der Waals surface area (Å²) in [6.07, 6.45) is -7.73. The summed E-state index contributed by atoms with van der Waals surface area (Å²) in [5, 5.41) is 0. The zero-order valence-corrected chi connectivity index (χ0v) is 24.4. The van der Waals surface area contributed by atoms with Gasteiger partial charge in [-0.15, -0.1) is 0 Å². The molecule has 44 heavy (non-hydrogen) atoms. The van der Waals surface area contributed by atoms with Crippen molar-refractivity contribution in [2.45, 2.75) is 45.2 Å². The summed E-state index contributed by atoms with van der Waals surface area (Å²) in [5.41, 5.74) is 1.13. The number of rotatable bonds is 8. The molecule has 0 spiro atoms. The van der Waals surface area contributed by atoms with Crippen LogP contribution < -0.4 is 4.74 Å². The molecule has 0 radical (unpaired) electrons. The molecule has 5 nitrogen and oxygen atoms in total. The van der Waals surface area contributed by atoms with Crippen LogP contribution in [0.15, 0.2) is 79.1 Å². The van der Waals surface area contributed by atoms with E-state index in [1.165, 1.54) is 7.11 Å². The minimum atomic E-state index is -5.03. The van der Waals surface area contributed by atoms with E-state index in [9.17, 15) is 31.1 Å². The number of ether oxygens (including phenoxy) is 2. The first kappa shape index (κ1) is 32.4. The molecule has 1 heterocycles. The highest BCUT2D eigenvalue weighted by Gasteiger charge is 2.37. The lowest BCUT2D eigenvalue weighted by Gasteiger charge is -2.25. The Balaban J connectivity index is 1.87. The molecule has 0 bridgehead atoms. The molecule has 0 saturated heterocycles. The van der Waals surface area contributed by atoms with Gasteiger partial charge in [-0.1, -0.05) is 38.1 Å². The fraction of sp³-hybridized carbons (Fsp3) is 0.273. The average molecular weight is 617 g/mol. The van der Waals surface area contributed by atoms with Crippen LogP contribution >= 0.6 is 0 Å². The minimum Gasteiger partial charge on any atom is -0.496 e. The molecule has 232 valence electrons. The van der Waals surface area contributed by atoms with Crippen molar-refractivity contribution >= 4 is 6.09 Å². The first-order valence-corrected chi connectivity index (χ1v) is 13.5. The van der Waals surface area contributed by atoms with Crippen LogP contribution in [0.2, 0.25) is 0 Å². The molecule has 0 atom stereocenters. The number of alkyl halides is 6. The number of carbonyl (C=O) groups excluding carboxylic acids is 1. The number of carbonyl (C=O) groups is 1. The first-order valence-electron chi connectivity index (χ1n) is 13.5. The van der Waals surface area contributed by atoms with Crippen molar-refractivity contribution in [3.05, 3.63) is 107 Å². The van der Waals surface area contributed by atoms with Gasteiger partial charge in [0.1, 0.15) is 5.75 Å². The van der Waals surface area contributed by atoms with E-state index < -0.39 is 36.1 Å². The second-order valence-electron chi connectivity index (χ2n) is 10.5. The van der Waals surface area contributed by atoms with Crippen LogP contribution in [0, 0.1) is 0 Å². The number of pyridine rings is 1. The second-order valence-corrected chi connectivity index (χ2v) is 10.5. The van der Waals surface area contributed by atoms with E-state index in [4.69, 9.17) is 9.47 Å². The Hall–Kier alpha value is -4.54. The van der Waals surface area contributed by atoms with E-state index in [2.05, 4.69) is 4.98 Å². The van der Waals surface area contributed by atoms with Crippen LogP contribution in [-0.4, -0.2) is 30.2 Å². The van der Waals surface area contributed by atoms with Crippen molar-refractivity contribution < 1.29 is 40.6 Å². The highest BCUT2D eigenvalue weighted by atomic mass is 19.4. The predicted molar refractivity (Wildman–Crippen MR) is 154 cm³/mol. The number of aromatic nitrogens is 1. The molecule has 11 heteroatoms. The number of methoxy groups -OCH3 is 2. The predicted octanol–water partition coefficient (Wildman–Crippen LogP) is 9.35. The Morgan fingerprint density at radius 1 is 0.818 bits per heavy atom. The number of amides is 1. The minimum absolute atomic E-state index is 0.0510. The van der Waals surface area contributed by atoms with E-state index in [1.807, 2.05) is 50.2 Å². The number of halogens is 6. The fourth-order valence-electron chi connectivity index (χ4n) is 4.85. The summed E-state index contributed by atoms with van der Waals surface area (Å²) in [6, 6.07) is 16.1. The molecule has 0 aliphatic heterocycles. The fourth-order valence-corrected chi connectivity index (χ4v) is 4.85. The van der Waals surface area contributed by atoms with Crippen molar-refractivity contribution in [3.63, 3.8) is 0 Å². The Morgan fingerprint density at radius 3 is 2.05 bits per heavy atom. The highest BCUT2D eigenvalue weighted by Crippen LogP contribution is 2.39. The quantitative estimate of drug-likeness (QED) is 0.185. The van der Waals surface area contributed by atoms with E-state index in [0.29, 0.717) is 34.6 Å². The summed E-state index contributed by atoms with van der Waals surface area (Å²) in [6.45, 7) is 3.27. The smallest absolute Gasteiger partial charge is 0.416 e. The summed E-state index contributed by atoms with van der Waals surface area (Å²) in [4.78, 5) is 18.2. The lowest BCUT2D eigenvalue weighted by atomic mass is 9.91. The van der Waals surface area contributed by atoms with Gasteiger partial charge in [0.25, 0.3) is 0 Å². The summed E-state index contributed by atoms with van der Waals surface area (Å²) < 4.78 is 91.9. The SMILES string of the molecule is COC(=O)N(Cc1cc(C(F)(F)F)cc(C(F)(F)F)c1)Cc1cc(-c2cccnc2)ccc1-c1cc(C(C)C)ccc1OC. The maximum atomic E-state index is 13.6. The molecule has 0 fully saturated rings. The van der Waals surface area contributed by atoms with E-state index in [1.54, 1.807) is 24.5 Å². The molecule has 0 unspecified atom stereocenters. The molecule has 1 aromatic heterocycles. The van der Waals surface area contributed by atoms with Gasteiger partial charge in [0.05, 0.1) is 25.3 Å². The standard InChI is InChI=1S/C33H30F6N2O3/c1-20(2)22-8-10-30(43-3)29(15-22)28-9-7-23(24-6-5-11-40-17-24)14-25(28)19-41(31(42)44-4)18-21-12-26(32(34,35)36)16-27(13-21)33(37,38)39/h5-17,20H,18-19H2,1-4H3. The molecular formula is C33H30F6N2O3. The maximum Gasteiger partial charge on any atom is 0.416 e. The molecule has 3 aromatic carbocycles. The largest absolute Gasteiger partial charge is 0.496 e. The third-order valence-electron chi connectivity index (χ3n) is 7.10. The van der Waals surface area contributed by atoms with Gasteiger partial charge in [-0.2, -0.15) is 26.3 Å². The number of hydrogen-bond acceptors (Lipinski definition) is 4. The van der Waals surface area contributed by atoms with E-state index in [-0.39, 0.29) is 24.1 Å². The summed E-state index contributed by atoms with van der Waals surface area (Å²) in [7, 11) is 2.61. The highest BCUT2D eigenvalue weighted by molar-refractivity contribution is 5.78. The maximum absolute atomic E-state index is 13.6. The van der Waals surface area contributed by atoms with Crippen LogP contribution in [0.25, 0.3) is 22.3 Å². The van der Waals surface area contributed by atoms with Gasteiger partial charge in [-0.3, -0.25) is 9.88 Å². The molecule has 4 rings (SSSR count). The molecule has 0 aliphatic rings. The number of nitrogens with zero attached hydrogens (tertiary/aromatic N) is 2. The van der Waals surface area contributed by atoms with Crippen molar-refractivity contribution in [1.29, 1.82) is 0 Å². The van der Waals surface area contributed by atoms with Gasteiger partial charge < -0.3 is 9.47 Å². The van der Waals surface area contributed by atoms with Gasteiger partial charge in [-0.25, -0.2) is 4.79 Å². The monoisotopic (exact) mass is 616 g/mol. The van der Waals surface area contributed by atoms with Gasteiger partial charge >= 0.3 is 18.4 Å². The lowest BCUT2D eigenvalue weighted by Crippen LogP contribution is -2.30. The molecule has 0 N–H and O–H groups in total. The normalized spacial score (nSPS) is 11.9. The van der Waals surface area contributed by atoms with Crippen LogP contribution in [0.4, 0.5) is 31.1 Å². The number of hydrogen-bond donors (Lipinski definition) is 0. The van der Waals surface area contributed by atoms with Gasteiger partial charge in [0, 0.05) is 31.0 Å². The zero-order valence-electron chi connectivity index (χ0n) is 24.4. The molecule has 1 amide bonds. The van der Waals surface area contributed by atoms with Crippen LogP contribution in [0.5, 0.6) is 5.75 Å². The molecule has 0 aliphatic carbocycles. The van der Waals surface area contributed by atoms with Gasteiger partial charge in [0.2, 0.25) is 0 Å². The van der Waals surface area contributed by atoms with Crippen molar-refractivity contribution in [1.82, 2.24) is 9.88 Å². The third kappa shape index (κ3) is 7.50. The van der Waals surface area contributed by atoms with Gasteiger partial charge in [0.15, 0.2) is 0 Å². The first-order chi connectivity index (χ1) is 20.7. The molecule has 4 aromatic rings. The van der Waals surface area contributed by atoms with Gasteiger partial charge in [-0.05, 0) is 81.8 Å². The Kier molecular flexibility index (Phi) is 9.56. The Labute approximate surface area is 251 Å². The number of benzene rings is 3. The summed E-state index contributed by atoms with van der Waals surface area (Å²) in [5.74, 6) is 0.718. The van der Waals surface area contributed by atoms with E-state index >= 15 is 0 Å². The Bertz CT molecular complexity index is 1590. The average Bonchev–Trinajstić information content (AvgIpc) is 2.99.